The lowest BCUT2D eigenvalue weighted by Gasteiger charge is -2.32. The number of aromatic nitrogens is 3. The number of rotatable bonds is 7. The van der Waals surface area contributed by atoms with E-state index in [0.717, 1.165) is 63.6 Å². The Labute approximate surface area is 148 Å². The average molecular weight is 347 g/mol. The summed E-state index contributed by atoms with van der Waals surface area (Å²) in [6.07, 6.45) is 7.91. The summed E-state index contributed by atoms with van der Waals surface area (Å²) in [5, 5.41) is 4.66. The van der Waals surface area contributed by atoms with E-state index in [9.17, 15) is 0 Å². The molecule has 130 valence electrons. The molecule has 6 nitrogen and oxygen atoms in total. The van der Waals surface area contributed by atoms with Crippen molar-refractivity contribution in [1.82, 2.24) is 25.2 Å². The lowest BCUT2D eigenvalue weighted by atomic mass is 10.3. The number of aryl methyl sites for hydroxylation is 1. The highest BCUT2D eigenvalue weighted by molar-refractivity contribution is 7.11. The summed E-state index contributed by atoms with van der Waals surface area (Å²) in [6, 6.07) is 0. The average Bonchev–Trinajstić information content (AvgIpc) is 3.08. The monoisotopic (exact) mass is 346 g/mol. The van der Waals surface area contributed by atoms with Crippen molar-refractivity contribution >= 4 is 17.3 Å². The molecule has 0 spiro atoms. The Morgan fingerprint density at radius 1 is 1.08 bits per heavy atom. The first-order valence-corrected chi connectivity index (χ1v) is 9.45. The lowest BCUT2D eigenvalue weighted by Crippen LogP contribution is -2.45. The summed E-state index contributed by atoms with van der Waals surface area (Å²) in [5.74, 6) is 0.849. The van der Waals surface area contributed by atoms with Crippen LogP contribution in [-0.4, -0.2) is 59.6 Å². The summed E-state index contributed by atoms with van der Waals surface area (Å²) in [7, 11) is 2.15. The van der Waals surface area contributed by atoms with Crippen molar-refractivity contribution in [2.45, 2.75) is 26.3 Å². The van der Waals surface area contributed by atoms with Gasteiger partial charge in [-0.3, -0.25) is 0 Å². The number of nitrogens with one attached hydrogen (secondary N) is 1. The minimum absolute atomic E-state index is 0.801. The fourth-order valence-electron chi connectivity index (χ4n) is 2.66. The van der Waals surface area contributed by atoms with Crippen LogP contribution in [0.25, 0.3) is 0 Å². The molecule has 2 aromatic heterocycles. The van der Waals surface area contributed by atoms with Gasteiger partial charge in [0.25, 0.3) is 0 Å². The zero-order chi connectivity index (χ0) is 16.8. The van der Waals surface area contributed by atoms with Crippen LogP contribution in [0.1, 0.15) is 22.4 Å². The zero-order valence-corrected chi connectivity index (χ0v) is 15.3. The summed E-state index contributed by atoms with van der Waals surface area (Å²) in [4.78, 5) is 19.4. The van der Waals surface area contributed by atoms with Crippen molar-refractivity contribution in [3.8, 4) is 0 Å². The standard InChI is InChI=1S/C17H26N6S/c1-3-15-13-19-16(24-15)4-5-18-10-14-11-20-17(21-12-14)23-8-6-22(2)7-9-23/h11-13,18H,3-10H2,1-2H3. The Hall–Kier alpha value is -1.57. The molecule has 3 heterocycles. The minimum atomic E-state index is 0.801. The van der Waals surface area contributed by atoms with E-state index in [1.807, 2.05) is 29.9 Å². The molecule has 0 unspecified atom stereocenters. The van der Waals surface area contributed by atoms with Crippen molar-refractivity contribution in [1.29, 1.82) is 0 Å². The topological polar surface area (TPSA) is 57.2 Å². The van der Waals surface area contributed by atoms with Gasteiger partial charge in [0.2, 0.25) is 5.95 Å². The predicted molar refractivity (Wildman–Crippen MR) is 98.6 cm³/mol. The molecular formula is C17H26N6S. The summed E-state index contributed by atoms with van der Waals surface area (Å²) in [6.45, 7) is 8.04. The van der Waals surface area contributed by atoms with Gasteiger partial charge in [0.1, 0.15) is 0 Å². The molecule has 0 radical (unpaired) electrons. The van der Waals surface area contributed by atoms with E-state index >= 15 is 0 Å². The normalized spacial score (nSPS) is 15.8. The van der Waals surface area contributed by atoms with E-state index in [0.29, 0.717) is 0 Å². The smallest absolute Gasteiger partial charge is 0.225 e. The van der Waals surface area contributed by atoms with Crippen molar-refractivity contribution in [2.75, 3.05) is 44.7 Å². The quantitative estimate of drug-likeness (QED) is 0.768. The Morgan fingerprint density at radius 3 is 2.50 bits per heavy atom. The molecule has 1 saturated heterocycles. The molecule has 1 fully saturated rings. The van der Waals surface area contributed by atoms with Crippen molar-refractivity contribution in [2.24, 2.45) is 0 Å². The van der Waals surface area contributed by atoms with Crippen LogP contribution in [0.4, 0.5) is 5.95 Å². The molecular weight excluding hydrogens is 320 g/mol. The molecule has 24 heavy (non-hydrogen) atoms. The van der Waals surface area contributed by atoms with Gasteiger partial charge < -0.3 is 15.1 Å². The molecule has 0 saturated carbocycles. The second kappa shape index (κ2) is 8.50. The molecule has 1 aliphatic heterocycles. The van der Waals surface area contributed by atoms with Gasteiger partial charge >= 0.3 is 0 Å². The third kappa shape index (κ3) is 4.72. The van der Waals surface area contributed by atoms with Crippen LogP contribution in [0, 0.1) is 0 Å². The number of nitrogens with zero attached hydrogens (tertiary/aromatic N) is 5. The third-order valence-corrected chi connectivity index (χ3v) is 5.47. The summed E-state index contributed by atoms with van der Waals surface area (Å²) >= 11 is 1.81. The maximum Gasteiger partial charge on any atom is 0.225 e. The van der Waals surface area contributed by atoms with Gasteiger partial charge in [0, 0.05) is 74.7 Å². The maximum atomic E-state index is 4.52. The lowest BCUT2D eigenvalue weighted by molar-refractivity contribution is 0.311. The second-order valence-electron chi connectivity index (χ2n) is 6.18. The van der Waals surface area contributed by atoms with Crippen molar-refractivity contribution in [3.63, 3.8) is 0 Å². The Kier molecular flexibility index (Phi) is 6.12. The molecule has 0 aromatic carbocycles. The van der Waals surface area contributed by atoms with Crippen LogP contribution >= 0.6 is 11.3 Å². The molecule has 2 aromatic rings. The van der Waals surface area contributed by atoms with Gasteiger partial charge in [-0.15, -0.1) is 11.3 Å². The van der Waals surface area contributed by atoms with E-state index in [1.54, 1.807) is 0 Å². The van der Waals surface area contributed by atoms with Crippen LogP contribution in [-0.2, 0) is 19.4 Å². The molecule has 0 bridgehead atoms. The van der Waals surface area contributed by atoms with Crippen LogP contribution in [0.2, 0.25) is 0 Å². The Morgan fingerprint density at radius 2 is 1.83 bits per heavy atom. The third-order valence-electron chi connectivity index (χ3n) is 4.27. The highest BCUT2D eigenvalue weighted by atomic mass is 32.1. The number of hydrogen-bond donors (Lipinski definition) is 1. The number of anilines is 1. The summed E-state index contributed by atoms with van der Waals surface area (Å²) in [5.41, 5.74) is 1.13. The number of likely N-dealkylation sites (N-methyl/N-ethyl adjacent to an activating group) is 1. The maximum absolute atomic E-state index is 4.52. The second-order valence-corrected chi connectivity index (χ2v) is 7.38. The Bertz CT molecular complexity index is 618. The van der Waals surface area contributed by atoms with E-state index in [1.165, 1.54) is 9.88 Å². The SMILES string of the molecule is CCc1cnc(CCNCc2cnc(N3CCN(C)CC3)nc2)s1. The van der Waals surface area contributed by atoms with Crippen LogP contribution < -0.4 is 10.2 Å². The number of thiazole rings is 1. The molecule has 0 atom stereocenters. The summed E-state index contributed by atoms with van der Waals surface area (Å²) < 4.78 is 0. The van der Waals surface area contributed by atoms with Crippen LogP contribution in [0.15, 0.2) is 18.6 Å². The zero-order valence-electron chi connectivity index (χ0n) is 14.5. The van der Waals surface area contributed by atoms with Gasteiger partial charge in [0.15, 0.2) is 0 Å². The largest absolute Gasteiger partial charge is 0.338 e. The minimum Gasteiger partial charge on any atom is -0.338 e. The van der Waals surface area contributed by atoms with E-state index in [-0.39, 0.29) is 0 Å². The van der Waals surface area contributed by atoms with E-state index in [2.05, 4.69) is 44.0 Å². The molecule has 1 N–H and O–H groups in total. The molecule has 3 rings (SSSR count). The van der Waals surface area contributed by atoms with E-state index in [4.69, 9.17) is 0 Å². The molecule has 0 aliphatic carbocycles. The Balaban J connectivity index is 1.41. The van der Waals surface area contributed by atoms with Crippen LogP contribution in [0.3, 0.4) is 0 Å². The fraction of sp³-hybridized carbons (Fsp3) is 0.588. The number of piperazine rings is 1. The van der Waals surface area contributed by atoms with Gasteiger partial charge in [-0.05, 0) is 13.5 Å². The number of hydrogen-bond acceptors (Lipinski definition) is 7. The van der Waals surface area contributed by atoms with Crippen LogP contribution in [0.5, 0.6) is 0 Å². The highest BCUT2D eigenvalue weighted by Crippen LogP contribution is 2.13. The first-order valence-electron chi connectivity index (χ1n) is 8.63. The predicted octanol–water partition coefficient (Wildman–Crippen LogP) is 1.58. The fourth-order valence-corrected chi connectivity index (χ4v) is 3.53. The first-order chi connectivity index (χ1) is 11.7. The van der Waals surface area contributed by atoms with E-state index < -0.39 is 0 Å². The van der Waals surface area contributed by atoms with Gasteiger partial charge in [-0.2, -0.15) is 0 Å². The van der Waals surface area contributed by atoms with Gasteiger partial charge in [-0.25, -0.2) is 15.0 Å². The molecule has 0 amide bonds. The van der Waals surface area contributed by atoms with Crippen molar-refractivity contribution in [3.05, 3.63) is 34.0 Å². The molecule has 7 heteroatoms. The molecule has 1 aliphatic rings. The first kappa shape index (κ1) is 17.3. The van der Waals surface area contributed by atoms with Gasteiger partial charge in [0.05, 0.1) is 5.01 Å². The van der Waals surface area contributed by atoms with Gasteiger partial charge in [-0.1, -0.05) is 6.92 Å². The van der Waals surface area contributed by atoms with Crippen molar-refractivity contribution < 1.29 is 0 Å². The highest BCUT2D eigenvalue weighted by Gasteiger charge is 2.15.